The molecule has 12 heavy (non-hydrogen) atoms. The van der Waals surface area contributed by atoms with Crippen molar-refractivity contribution in [2.45, 2.75) is 31.9 Å². The Hall–Kier alpha value is -0.355. The van der Waals surface area contributed by atoms with Crippen LogP contribution in [0.4, 0.5) is 0 Å². The second-order valence-electron chi connectivity index (χ2n) is 2.61. The average molecular weight is 174 g/mol. The molecule has 0 spiro atoms. The lowest BCUT2D eigenvalue weighted by atomic mass is 9.86. The summed E-state index contributed by atoms with van der Waals surface area (Å²) in [5, 5.41) is 35.0. The molecule has 0 aliphatic heterocycles. The summed E-state index contributed by atoms with van der Waals surface area (Å²) in [7, 11) is -1.40. The molecule has 0 radical (unpaired) electrons. The highest BCUT2D eigenvalue weighted by Gasteiger charge is 2.10. The number of allylic oxidation sites excluding steroid dienone is 1. The van der Waals surface area contributed by atoms with Gasteiger partial charge in [-0.25, -0.2) is 0 Å². The van der Waals surface area contributed by atoms with Crippen molar-refractivity contribution in [1.29, 1.82) is 0 Å². The maximum atomic E-state index is 9.13. The zero-order valence-electron chi connectivity index (χ0n) is 7.09. The third kappa shape index (κ3) is 5.32. The number of hydrogen-bond donors (Lipinski definition) is 4. The molecule has 0 aliphatic rings. The minimum atomic E-state index is -1.40. The molecule has 0 bridgehead atoms. The average Bonchev–Trinajstić information content (AvgIpc) is 2.02. The second-order valence-corrected chi connectivity index (χ2v) is 2.61. The molecule has 70 valence electrons. The largest absolute Gasteiger partial charge is 0.455 e. The Bertz CT molecular complexity index is 137. The molecule has 0 aliphatic carbocycles. The van der Waals surface area contributed by atoms with Crippen LogP contribution in [0.5, 0.6) is 0 Å². The Morgan fingerprint density at radius 3 is 2.33 bits per heavy atom. The lowest BCUT2D eigenvalue weighted by Gasteiger charge is -2.11. The predicted octanol–water partition coefficient (Wildman–Crippen LogP) is -0.853. The van der Waals surface area contributed by atoms with E-state index in [0.717, 1.165) is 0 Å². The van der Waals surface area contributed by atoms with Crippen LogP contribution in [0.2, 0.25) is 6.32 Å². The standard InChI is InChI=1S/C7H15BO4/c1-2-6(9)7(10)4-3-5-8(11)12/h3-4,6-7,9-12H,2,5H2,1H3/b4-3+. The Morgan fingerprint density at radius 2 is 1.92 bits per heavy atom. The van der Waals surface area contributed by atoms with Gasteiger partial charge in [0, 0.05) is 6.32 Å². The van der Waals surface area contributed by atoms with Crippen molar-refractivity contribution in [2.24, 2.45) is 0 Å². The maximum absolute atomic E-state index is 9.13. The van der Waals surface area contributed by atoms with Gasteiger partial charge in [0.1, 0.15) is 0 Å². The van der Waals surface area contributed by atoms with E-state index in [0.29, 0.717) is 6.42 Å². The van der Waals surface area contributed by atoms with Gasteiger partial charge in [0.15, 0.2) is 0 Å². The summed E-state index contributed by atoms with van der Waals surface area (Å²) in [5.74, 6) is 0. The van der Waals surface area contributed by atoms with Gasteiger partial charge >= 0.3 is 7.12 Å². The molecule has 0 saturated heterocycles. The van der Waals surface area contributed by atoms with Crippen molar-refractivity contribution < 1.29 is 20.3 Å². The van der Waals surface area contributed by atoms with Crippen LogP contribution in [0, 0.1) is 0 Å². The van der Waals surface area contributed by atoms with E-state index in [-0.39, 0.29) is 6.32 Å². The van der Waals surface area contributed by atoms with Gasteiger partial charge in [-0.05, 0) is 6.42 Å². The molecule has 4 nitrogen and oxygen atoms in total. The molecule has 0 rings (SSSR count). The van der Waals surface area contributed by atoms with Crippen LogP contribution in [-0.4, -0.2) is 39.6 Å². The third-order valence-electron chi connectivity index (χ3n) is 1.49. The fourth-order valence-corrected chi connectivity index (χ4v) is 0.709. The molecule has 0 fully saturated rings. The van der Waals surface area contributed by atoms with Crippen molar-refractivity contribution >= 4 is 7.12 Å². The Balaban J connectivity index is 3.67. The van der Waals surface area contributed by atoms with E-state index >= 15 is 0 Å². The molecule has 2 unspecified atom stereocenters. The molecule has 0 saturated carbocycles. The van der Waals surface area contributed by atoms with E-state index in [1.165, 1.54) is 12.2 Å². The number of rotatable bonds is 5. The Labute approximate surface area is 72.3 Å². The number of aliphatic hydroxyl groups is 2. The maximum Gasteiger partial charge on any atom is 0.455 e. The summed E-state index contributed by atoms with van der Waals surface area (Å²) >= 11 is 0. The molecule has 0 amide bonds. The molecule has 0 aromatic carbocycles. The summed E-state index contributed by atoms with van der Waals surface area (Å²) in [5.41, 5.74) is 0. The molecule has 5 heteroatoms. The van der Waals surface area contributed by atoms with E-state index in [9.17, 15) is 0 Å². The van der Waals surface area contributed by atoms with Gasteiger partial charge in [0.25, 0.3) is 0 Å². The lowest BCUT2D eigenvalue weighted by Crippen LogP contribution is -2.22. The van der Waals surface area contributed by atoms with Crippen LogP contribution in [0.1, 0.15) is 13.3 Å². The second kappa shape index (κ2) is 6.19. The van der Waals surface area contributed by atoms with Gasteiger partial charge in [-0.1, -0.05) is 19.1 Å². The Morgan fingerprint density at radius 1 is 1.33 bits per heavy atom. The molecule has 0 aromatic heterocycles. The van der Waals surface area contributed by atoms with Crippen LogP contribution in [0.3, 0.4) is 0 Å². The minimum Gasteiger partial charge on any atom is -0.427 e. The van der Waals surface area contributed by atoms with Gasteiger partial charge in [-0.15, -0.1) is 0 Å². The first-order valence-corrected chi connectivity index (χ1v) is 3.96. The minimum absolute atomic E-state index is 0.0630. The van der Waals surface area contributed by atoms with Gasteiger partial charge < -0.3 is 20.3 Å². The molecular formula is C7H15BO4. The molecule has 0 heterocycles. The van der Waals surface area contributed by atoms with E-state index in [1.807, 2.05) is 0 Å². The third-order valence-corrected chi connectivity index (χ3v) is 1.49. The first kappa shape index (κ1) is 11.6. The zero-order valence-corrected chi connectivity index (χ0v) is 7.09. The van der Waals surface area contributed by atoms with Crippen molar-refractivity contribution in [2.75, 3.05) is 0 Å². The fraction of sp³-hybridized carbons (Fsp3) is 0.714. The summed E-state index contributed by atoms with van der Waals surface area (Å²) in [4.78, 5) is 0. The summed E-state index contributed by atoms with van der Waals surface area (Å²) < 4.78 is 0. The highest BCUT2D eigenvalue weighted by molar-refractivity contribution is 6.41. The van der Waals surface area contributed by atoms with Gasteiger partial charge in [-0.2, -0.15) is 0 Å². The van der Waals surface area contributed by atoms with Crippen molar-refractivity contribution in [3.63, 3.8) is 0 Å². The van der Waals surface area contributed by atoms with Gasteiger partial charge in [0.2, 0.25) is 0 Å². The summed E-state index contributed by atoms with van der Waals surface area (Å²) in [6, 6.07) is 0. The van der Waals surface area contributed by atoms with Gasteiger partial charge in [-0.3, -0.25) is 0 Å². The molecule has 0 aromatic rings. The predicted molar refractivity (Wildman–Crippen MR) is 46.4 cm³/mol. The lowest BCUT2D eigenvalue weighted by molar-refractivity contribution is 0.0465. The van der Waals surface area contributed by atoms with Crippen LogP contribution < -0.4 is 0 Å². The molecular weight excluding hydrogens is 159 g/mol. The van der Waals surface area contributed by atoms with Crippen molar-refractivity contribution in [3.8, 4) is 0 Å². The molecule has 2 atom stereocenters. The summed E-state index contributed by atoms with van der Waals surface area (Å²) in [6.07, 6.45) is 1.61. The summed E-state index contributed by atoms with van der Waals surface area (Å²) in [6.45, 7) is 1.75. The van der Waals surface area contributed by atoms with Gasteiger partial charge in [0.05, 0.1) is 12.2 Å². The monoisotopic (exact) mass is 174 g/mol. The topological polar surface area (TPSA) is 80.9 Å². The van der Waals surface area contributed by atoms with Crippen LogP contribution >= 0.6 is 0 Å². The SMILES string of the molecule is CCC(O)C(O)/C=C/CB(O)O. The van der Waals surface area contributed by atoms with Crippen molar-refractivity contribution in [3.05, 3.63) is 12.2 Å². The van der Waals surface area contributed by atoms with E-state index in [1.54, 1.807) is 6.92 Å². The first-order chi connectivity index (χ1) is 5.57. The van der Waals surface area contributed by atoms with Crippen LogP contribution in [0.15, 0.2) is 12.2 Å². The van der Waals surface area contributed by atoms with E-state index in [4.69, 9.17) is 20.3 Å². The van der Waals surface area contributed by atoms with Crippen molar-refractivity contribution in [1.82, 2.24) is 0 Å². The highest BCUT2D eigenvalue weighted by atomic mass is 16.4. The normalized spacial score (nSPS) is 16.4. The highest BCUT2D eigenvalue weighted by Crippen LogP contribution is 2.00. The molecule has 4 N–H and O–H groups in total. The smallest absolute Gasteiger partial charge is 0.427 e. The zero-order chi connectivity index (χ0) is 9.56. The quantitative estimate of drug-likeness (QED) is 0.323. The van der Waals surface area contributed by atoms with E-state index in [2.05, 4.69) is 0 Å². The number of aliphatic hydroxyl groups excluding tert-OH is 2. The number of hydrogen-bond acceptors (Lipinski definition) is 4. The van der Waals surface area contributed by atoms with E-state index < -0.39 is 19.3 Å². The van der Waals surface area contributed by atoms with Crippen LogP contribution in [0.25, 0.3) is 0 Å². The first-order valence-electron chi connectivity index (χ1n) is 3.96. The Kier molecular flexibility index (Phi) is 6.01. The van der Waals surface area contributed by atoms with Crippen LogP contribution in [-0.2, 0) is 0 Å². The fourth-order valence-electron chi connectivity index (χ4n) is 0.709.